The quantitative estimate of drug-likeness (QED) is 0.838. The Kier molecular flexibility index (Phi) is 4.88. The highest BCUT2D eigenvalue weighted by Crippen LogP contribution is 2.17. The average molecular weight is 331 g/mol. The van der Waals surface area contributed by atoms with Crippen molar-refractivity contribution < 1.29 is 18.7 Å². The fourth-order valence-corrected chi connectivity index (χ4v) is 2.44. The molecule has 0 saturated carbocycles. The molecule has 0 N–H and O–H groups in total. The fraction of sp³-hybridized carbons (Fsp3) is 0.353. The largest absolute Gasteiger partial charge is 0.484 e. The van der Waals surface area contributed by atoms with Crippen LogP contribution in [0.2, 0.25) is 0 Å². The van der Waals surface area contributed by atoms with Crippen LogP contribution in [-0.2, 0) is 4.79 Å². The second-order valence-electron chi connectivity index (χ2n) is 5.62. The lowest BCUT2D eigenvalue weighted by molar-refractivity contribution is -0.132. The van der Waals surface area contributed by atoms with Gasteiger partial charge in [-0.2, -0.15) is 5.10 Å². The van der Waals surface area contributed by atoms with Crippen molar-refractivity contribution in [3.8, 4) is 11.6 Å². The molecule has 1 saturated heterocycles. The van der Waals surface area contributed by atoms with Crippen LogP contribution in [0.5, 0.6) is 11.6 Å². The van der Waals surface area contributed by atoms with Gasteiger partial charge >= 0.3 is 0 Å². The highest BCUT2D eigenvalue weighted by molar-refractivity contribution is 5.78. The van der Waals surface area contributed by atoms with Gasteiger partial charge < -0.3 is 14.4 Å². The molecule has 6 nitrogen and oxygen atoms in total. The molecular weight excluding hydrogens is 313 g/mol. The van der Waals surface area contributed by atoms with Gasteiger partial charge in [-0.25, -0.2) is 4.39 Å². The second kappa shape index (κ2) is 7.25. The van der Waals surface area contributed by atoms with E-state index in [2.05, 4.69) is 10.2 Å². The predicted molar refractivity (Wildman–Crippen MR) is 84.3 cm³/mol. The second-order valence-corrected chi connectivity index (χ2v) is 5.62. The van der Waals surface area contributed by atoms with Gasteiger partial charge in [0.25, 0.3) is 5.91 Å². The minimum Gasteiger partial charge on any atom is -0.484 e. The van der Waals surface area contributed by atoms with E-state index in [1.165, 1.54) is 24.3 Å². The third kappa shape index (κ3) is 4.18. The number of carbonyl (C=O) groups is 1. The number of nitrogens with zero attached hydrogens (tertiary/aromatic N) is 3. The van der Waals surface area contributed by atoms with Crippen LogP contribution in [-0.4, -0.2) is 46.8 Å². The molecule has 0 bridgehead atoms. The standard InChI is InChI=1S/C17H18FN3O3/c1-12-2-7-16(20-19-12)24-15-8-9-21(10-15)17(22)11-23-14-5-3-13(18)4-6-14/h2-7,15H,8-11H2,1H3/t15-/m0/s1. The maximum Gasteiger partial charge on any atom is 0.260 e. The van der Waals surface area contributed by atoms with Crippen LogP contribution in [0.3, 0.4) is 0 Å². The zero-order valence-electron chi connectivity index (χ0n) is 13.3. The van der Waals surface area contributed by atoms with E-state index in [9.17, 15) is 9.18 Å². The zero-order chi connectivity index (χ0) is 16.9. The van der Waals surface area contributed by atoms with E-state index >= 15 is 0 Å². The third-order valence-corrected chi connectivity index (χ3v) is 3.73. The Morgan fingerprint density at radius 1 is 1.25 bits per heavy atom. The first kappa shape index (κ1) is 16.2. The molecule has 24 heavy (non-hydrogen) atoms. The molecule has 126 valence electrons. The number of ether oxygens (including phenoxy) is 2. The van der Waals surface area contributed by atoms with Crippen LogP contribution >= 0.6 is 0 Å². The summed E-state index contributed by atoms with van der Waals surface area (Å²) in [6.07, 6.45) is 0.634. The van der Waals surface area contributed by atoms with Crippen LogP contribution < -0.4 is 9.47 Å². The summed E-state index contributed by atoms with van der Waals surface area (Å²) in [7, 11) is 0. The van der Waals surface area contributed by atoms with E-state index in [1.54, 1.807) is 11.0 Å². The van der Waals surface area contributed by atoms with E-state index in [-0.39, 0.29) is 24.4 Å². The number of aromatic nitrogens is 2. The van der Waals surface area contributed by atoms with Crippen molar-refractivity contribution >= 4 is 5.91 Å². The Morgan fingerprint density at radius 2 is 2.04 bits per heavy atom. The monoisotopic (exact) mass is 331 g/mol. The number of carbonyl (C=O) groups excluding carboxylic acids is 1. The molecule has 1 fully saturated rings. The highest BCUT2D eigenvalue weighted by Gasteiger charge is 2.28. The van der Waals surface area contributed by atoms with E-state index in [0.29, 0.717) is 24.7 Å². The maximum absolute atomic E-state index is 12.8. The van der Waals surface area contributed by atoms with Crippen LogP contribution in [0.4, 0.5) is 4.39 Å². The Balaban J connectivity index is 1.46. The lowest BCUT2D eigenvalue weighted by atomic mass is 10.3. The SMILES string of the molecule is Cc1ccc(O[C@H]2CCN(C(=O)COc3ccc(F)cc3)C2)nn1. The van der Waals surface area contributed by atoms with E-state index in [4.69, 9.17) is 9.47 Å². The predicted octanol–water partition coefficient (Wildman–Crippen LogP) is 1.98. The van der Waals surface area contributed by atoms with Gasteiger partial charge in [-0.1, -0.05) is 0 Å². The summed E-state index contributed by atoms with van der Waals surface area (Å²) in [5.74, 6) is 0.460. The molecule has 1 aliphatic heterocycles. The lowest BCUT2D eigenvalue weighted by Crippen LogP contribution is -2.34. The van der Waals surface area contributed by atoms with E-state index < -0.39 is 0 Å². The summed E-state index contributed by atoms with van der Waals surface area (Å²) in [4.78, 5) is 13.9. The lowest BCUT2D eigenvalue weighted by Gasteiger charge is -2.17. The molecule has 7 heteroatoms. The number of benzene rings is 1. The summed E-state index contributed by atoms with van der Waals surface area (Å²) in [5.41, 5.74) is 0.823. The molecule has 1 amide bonds. The fourth-order valence-electron chi connectivity index (χ4n) is 2.44. The molecule has 3 rings (SSSR count). The minimum atomic E-state index is -0.340. The number of amides is 1. The van der Waals surface area contributed by atoms with Crippen LogP contribution in [0.1, 0.15) is 12.1 Å². The van der Waals surface area contributed by atoms with Gasteiger partial charge in [0.2, 0.25) is 5.88 Å². The molecule has 1 aromatic carbocycles. The van der Waals surface area contributed by atoms with Crippen molar-refractivity contribution in [3.05, 3.63) is 47.9 Å². The summed E-state index contributed by atoms with van der Waals surface area (Å²) >= 11 is 0. The van der Waals surface area contributed by atoms with Gasteiger partial charge in [0.15, 0.2) is 6.61 Å². The Labute approximate surface area is 139 Å². The molecule has 2 heterocycles. The third-order valence-electron chi connectivity index (χ3n) is 3.73. The molecule has 2 aromatic rings. The first-order valence-electron chi connectivity index (χ1n) is 7.73. The summed E-state index contributed by atoms with van der Waals surface area (Å²) < 4.78 is 23.9. The molecule has 0 spiro atoms. The van der Waals surface area contributed by atoms with Gasteiger partial charge in [-0.15, -0.1) is 5.10 Å². The van der Waals surface area contributed by atoms with Crippen molar-refractivity contribution in [1.29, 1.82) is 0 Å². The van der Waals surface area contributed by atoms with Crippen LogP contribution in [0.15, 0.2) is 36.4 Å². The average Bonchev–Trinajstić information content (AvgIpc) is 3.05. The number of hydrogen-bond donors (Lipinski definition) is 0. The molecule has 1 aromatic heterocycles. The van der Waals surface area contributed by atoms with Gasteiger partial charge in [-0.3, -0.25) is 4.79 Å². The first-order valence-corrected chi connectivity index (χ1v) is 7.73. The Morgan fingerprint density at radius 3 is 2.75 bits per heavy atom. The minimum absolute atomic E-state index is 0.0807. The molecule has 0 unspecified atom stereocenters. The normalized spacial score (nSPS) is 16.9. The number of likely N-dealkylation sites (tertiary alicyclic amines) is 1. The van der Waals surface area contributed by atoms with Crippen molar-refractivity contribution in [2.75, 3.05) is 19.7 Å². The van der Waals surface area contributed by atoms with Crippen LogP contribution in [0, 0.1) is 12.7 Å². The van der Waals surface area contributed by atoms with Crippen molar-refractivity contribution in [2.45, 2.75) is 19.4 Å². The highest BCUT2D eigenvalue weighted by atomic mass is 19.1. The van der Waals surface area contributed by atoms with E-state index in [0.717, 1.165) is 12.1 Å². The van der Waals surface area contributed by atoms with Crippen LogP contribution in [0.25, 0.3) is 0 Å². The van der Waals surface area contributed by atoms with Gasteiger partial charge in [-0.05, 0) is 37.3 Å². The molecule has 0 aliphatic carbocycles. The van der Waals surface area contributed by atoms with Crippen molar-refractivity contribution in [3.63, 3.8) is 0 Å². The van der Waals surface area contributed by atoms with Crippen molar-refractivity contribution in [1.82, 2.24) is 15.1 Å². The topological polar surface area (TPSA) is 64.5 Å². The number of halogens is 1. The Bertz CT molecular complexity index is 691. The first-order chi connectivity index (χ1) is 11.6. The molecule has 1 aliphatic rings. The summed E-state index contributed by atoms with van der Waals surface area (Å²) in [5, 5.41) is 7.91. The molecule has 0 radical (unpaired) electrons. The van der Waals surface area contributed by atoms with Crippen molar-refractivity contribution in [2.24, 2.45) is 0 Å². The maximum atomic E-state index is 12.8. The summed E-state index contributed by atoms with van der Waals surface area (Å²) in [6, 6.07) is 9.18. The van der Waals surface area contributed by atoms with Gasteiger partial charge in [0.05, 0.1) is 12.2 Å². The number of hydrogen-bond acceptors (Lipinski definition) is 5. The molecular formula is C17H18FN3O3. The molecule has 1 atom stereocenters. The Hall–Kier alpha value is -2.70. The number of rotatable bonds is 5. The van der Waals surface area contributed by atoms with E-state index in [1.807, 2.05) is 13.0 Å². The van der Waals surface area contributed by atoms with Gasteiger partial charge in [0, 0.05) is 19.0 Å². The summed E-state index contributed by atoms with van der Waals surface area (Å²) in [6.45, 7) is 2.87. The van der Waals surface area contributed by atoms with Gasteiger partial charge in [0.1, 0.15) is 17.7 Å². The zero-order valence-corrected chi connectivity index (χ0v) is 13.3. The number of aryl methyl sites for hydroxylation is 1. The smallest absolute Gasteiger partial charge is 0.260 e.